The topological polar surface area (TPSA) is 9.86 Å². The number of aryl methyl sites for hydroxylation is 2. The van der Waals surface area contributed by atoms with Gasteiger partial charge in [0, 0.05) is 62.6 Å². The molecule has 2 nitrogen and oxygen atoms in total. The Balaban J connectivity index is 0.945. The number of fused-ring (bicyclic) bond motifs is 6. The molecule has 0 fully saturated rings. The normalized spacial score (nSPS) is 15.3. The van der Waals surface area contributed by atoms with Gasteiger partial charge in [-0.2, -0.15) is 0 Å². The second kappa shape index (κ2) is 11.9. The van der Waals surface area contributed by atoms with E-state index in [2.05, 4.69) is 175 Å². The van der Waals surface area contributed by atoms with E-state index in [9.17, 15) is 0 Å². The Morgan fingerprint density at radius 2 is 1.04 bits per heavy atom. The molecular weight excluding hydrogens is 556 g/mol. The molecule has 1 aliphatic rings. The highest BCUT2D eigenvalue weighted by Crippen LogP contribution is 2.32. The van der Waals surface area contributed by atoms with Crippen LogP contribution in [0.15, 0.2) is 139 Å². The summed E-state index contributed by atoms with van der Waals surface area (Å²) in [5.41, 5.74) is 11.5. The molecule has 224 valence electrons. The van der Waals surface area contributed by atoms with E-state index in [1.165, 1.54) is 71.4 Å². The smallest absolute Gasteiger partial charge is 0.0491 e. The SMILES string of the molecule is CCn1c2ccccc2c2cc(/C=C/C3=CCC(c4ccc(/C=C/c5ccc6c(c5)c5ccccc5n6CC)cc4)C=C3)ccc21. The van der Waals surface area contributed by atoms with E-state index in [-0.39, 0.29) is 0 Å². The van der Waals surface area contributed by atoms with Gasteiger partial charge in [-0.25, -0.2) is 0 Å². The van der Waals surface area contributed by atoms with Crippen molar-refractivity contribution in [2.75, 3.05) is 0 Å². The zero-order valence-electron chi connectivity index (χ0n) is 26.5. The molecule has 0 saturated heterocycles. The second-order valence-corrected chi connectivity index (χ2v) is 12.3. The molecule has 46 heavy (non-hydrogen) atoms. The largest absolute Gasteiger partial charge is 0.341 e. The van der Waals surface area contributed by atoms with Crippen molar-refractivity contribution in [2.24, 2.45) is 0 Å². The quantitative estimate of drug-likeness (QED) is 0.162. The summed E-state index contributed by atoms with van der Waals surface area (Å²) >= 11 is 0. The van der Waals surface area contributed by atoms with E-state index in [4.69, 9.17) is 0 Å². The highest BCUT2D eigenvalue weighted by molar-refractivity contribution is 6.09. The van der Waals surface area contributed by atoms with Gasteiger partial charge < -0.3 is 9.13 Å². The maximum absolute atomic E-state index is 2.40. The molecule has 0 aliphatic heterocycles. The van der Waals surface area contributed by atoms with Crippen molar-refractivity contribution in [1.82, 2.24) is 9.13 Å². The van der Waals surface area contributed by atoms with Crippen LogP contribution in [0.2, 0.25) is 0 Å². The van der Waals surface area contributed by atoms with E-state index in [1.54, 1.807) is 0 Å². The van der Waals surface area contributed by atoms with E-state index >= 15 is 0 Å². The lowest BCUT2D eigenvalue weighted by Gasteiger charge is -2.15. The first-order valence-corrected chi connectivity index (χ1v) is 16.6. The van der Waals surface area contributed by atoms with Crippen LogP contribution in [0.3, 0.4) is 0 Å². The van der Waals surface area contributed by atoms with Crippen molar-refractivity contribution >= 4 is 61.8 Å². The molecule has 0 amide bonds. The number of hydrogen-bond acceptors (Lipinski definition) is 0. The summed E-state index contributed by atoms with van der Waals surface area (Å²) in [6.07, 6.45) is 16.9. The highest BCUT2D eigenvalue weighted by Gasteiger charge is 2.12. The second-order valence-electron chi connectivity index (χ2n) is 12.3. The molecule has 2 aromatic heterocycles. The fourth-order valence-corrected chi connectivity index (χ4v) is 7.28. The molecule has 2 heterocycles. The third-order valence-electron chi connectivity index (χ3n) is 9.65. The Morgan fingerprint density at radius 1 is 0.543 bits per heavy atom. The summed E-state index contributed by atoms with van der Waals surface area (Å²) in [6, 6.07) is 40.1. The Hall–Kier alpha value is -5.34. The number of rotatable bonds is 7. The molecule has 0 spiro atoms. The fourth-order valence-electron chi connectivity index (χ4n) is 7.28. The predicted octanol–water partition coefficient (Wildman–Crippen LogP) is 11.8. The molecule has 1 aliphatic carbocycles. The number of benzene rings is 5. The average Bonchev–Trinajstić information content (AvgIpc) is 3.61. The maximum atomic E-state index is 2.40. The highest BCUT2D eigenvalue weighted by atomic mass is 15.0. The molecule has 1 atom stereocenters. The van der Waals surface area contributed by atoms with Gasteiger partial charge in [0.15, 0.2) is 0 Å². The van der Waals surface area contributed by atoms with Gasteiger partial charge in [-0.1, -0.05) is 115 Å². The lowest BCUT2D eigenvalue weighted by Crippen LogP contribution is -1.98. The van der Waals surface area contributed by atoms with Crippen molar-refractivity contribution < 1.29 is 0 Å². The summed E-state index contributed by atoms with van der Waals surface area (Å²) < 4.78 is 4.80. The molecule has 2 heteroatoms. The molecule has 0 bridgehead atoms. The van der Waals surface area contributed by atoms with Gasteiger partial charge >= 0.3 is 0 Å². The molecule has 5 aromatic carbocycles. The van der Waals surface area contributed by atoms with Crippen LogP contribution < -0.4 is 0 Å². The third kappa shape index (κ3) is 5.01. The van der Waals surface area contributed by atoms with Crippen molar-refractivity contribution in [3.8, 4) is 0 Å². The van der Waals surface area contributed by atoms with Crippen LogP contribution in [-0.4, -0.2) is 9.13 Å². The summed E-state index contributed by atoms with van der Waals surface area (Å²) in [6.45, 7) is 6.38. The maximum Gasteiger partial charge on any atom is 0.0491 e. The number of hydrogen-bond donors (Lipinski definition) is 0. The Labute approximate surface area is 270 Å². The Morgan fingerprint density at radius 3 is 1.59 bits per heavy atom. The van der Waals surface area contributed by atoms with Gasteiger partial charge in [0.25, 0.3) is 0 Å². The first kappa shape index (κ1) is 28.2. The van der Waals surface area contributed by atoms with E-state index in [0.717, 1.165) is 19.5 Å². The predicted molar refractivity (Wildman–Crippen MR) is 199 cm³/mol. The third-order valence-corrected chi connectivity index (χ3v) is 9.65. The summed E-state index contributed by atoms with van der Waals surface area (Å²) in [7, 11) is 0. The summed E-state index contributed by atoms with van der Waals surface area (Å²) in [5, 5.41) is 5.30. The van der Waals surface area contributed by atoms with Crippen LogP contribution in [-0.2, 0) is 13.1 Å². The lowest BCUT2D eigenvalue weighted by atomic mass is 9.89. The molecule has 8 rings (SSSR count). The van der Waals surface area contributed by atoms with E-state index in [0.29, 0.717) is 5.92 Å². The van der Waals surface area contributed by atoms with Crippen molar-refractivity contribution in [3.63, 3.8) is 0 Å². The molecule has 0 saturated carbocycles. The zero-order chi connectivity index (χ0) is 31.0. The molecule has 0 radical (unpaired) electrons. The minimum atomic E-state index is 0.407. The van der Waals surface area contributed by atoms with Gasteiger partial charge in [0.1, 0.15) is 0 Å². The first-order chi connectivity index (χ1) is 22.7. The number of allylic oxidation sites excluding steroid dienone is 5. The van der Waals surface area contributed by atoms with Crippen LogP contribution in [0.5, 0.6) is 0 Å². The standard InChI is InChI=1S/C44H38N2/c1-3-45-41-11-7-5-9-37(41)39-29-33(21-27-43(39)45)15-13-31-17-23-35(24-18-31)36-25-19-32(20-26-36)14-16-34-22-28-44-40(30-34)38-10-6-8-12-42(38)46(44)4-2/h5-25,27-30,36H,3-4,26H2,1-2H3/b15-13+,16-14+. The molecule has 1 unspecified atom stereocenters. The van der Waals surface area contributed by atoms with E-state index in [1.807, 2.05) is 0 Å². The summed E-state index contributed by atoms with van der Waals surface area (Å²) in [5.74, 6) is 0.407. The summed E-state index contributed by atoms with van der Waals surface area (Å²) in [4.78, 5) is 0. The van der Waals surface area contributed by atoms with Crippen LogP contribution in [0.1, 0.15) is 48.4 Å². The van der Waals surface area contributed by atoms with Crippen LogP contribution >= 0.6 is 0 Å². The number of para-hydroxylation sites is 2. The van der Waals surface area contributed by atoms with Gasteiger partial charge in [-0.05, 0) is 84.5 Å². The number of nitrogens with zero attached hydrogens (tertiary/aromatic N) is 2. The van der Waals surface area contributed by atoms with Crippen LogP contribution in [0, 0.1) is 0 Å². The first-order valence-electron chi connectivity index (χ1n) is 16.6. The van der Waals surface area contributed by atoms with Crippen molar-refractivity contribution in [1.29, 1.82) is 0 Å². The Kier molecular flexibility index (Phi) is 7.27. The van der Waals surface area contributed by atoms with Gasteiger partial charge in [-0.3, -0.25) is 0 Å². The molecular formula is C44H38N2. The van der Waals surface area contributed by atoms with Gasteiger partial charge in [0.2, 0.25) is 0 Å². The van der Waals surface area contributed by atoms with Gasteiger partial charge in [-0.15, -0.1) is 0 Å². The minimum absolute atomic E-state index is 0.407. The molecule has 0 N–H and O–H groups in total. The van der Waals surface area contributed by atoms with Crippen molar-refractivity contribution in [3.05, 3.63) is 161 Å². The lowest BCUT2D eigenvalue weighted by molar-refractivity contribution is 0.827. The van der Waals surface area contributed by atoms with Crippen LogP contribution in [0.4, 0.5) is 0 Å². The van der Waals surface area contributed by atoms with E-state index < -0.39 is 0 Å². The van der Waals surface area contributed by atoms with Crippen LogP contribution in [0.25, 0.3) is 61.8 Å². The zero-order valence-corrected chi connectivity index (χ0v) is 26.5. The minimum Gasteiger partial charge on any atom is -0.341 e. The number of aromatic nitrogens is 2. The monoisotopic (exact) mass is 594 g/mol. The molecule has 7 aromatic rings. The fraction of sp³-hybridized carbons (Fsp3) is 0.136. The average molecular weight is 595 g/mol. The Bertz CT molecular complexity index is 2350. The van der Waals surface area contributed by atoms with Crippen molar-refractivity contribution in [2.45, 2.75) is 39.3 Å². The van der Waals surface area contributed by atoms with Gasteiger partial charge in [0.05, 0.1) is 0 Å².